The van der Waals surface area contributed by atoms with Gasteiger partial charge in [0.1, 0.15) is 18.3 Å². The minimum Gasteiger partial charge on any atom is -0.495 e. The number of aliphatic hydroxyl groups is 2. The predicted molar refractivity (Wildman–Crippen MR) is 86.5 cm³/mol. The van der Waals surface area contributed by atoms with E-state index >= 15 is 0 Å². The van der Waals surface area contributed by atoms with E-state index in [2.05, 4.69) is 41.5 Å². The molecule has 3 atom stereocenters. The van der Waals surface area contributed by atoms with Crippen molar-refractivity contribution >= 4 is 8.07 Å². The highest BCUT2D eigenvalue weighted by Gasteiger charge is 2.43. The zero-order valence-electron chi connectivity index (χ0n) is 13.8. The van der Waals surface area contributed by atoms with Gasteiger partial charge in [-0.25, -0.2) is 0 Å². The maximum Gasteiger partial charge on any atom is 0.126 e. The lowest BCUT2D eigenvalue weighted by atomic mass is 10.0. The highest BCUT2D eigenvalue weighted by molar-refractivity contribution is 6.83. The van der Waals surface area contributed by atoms with Crippen LogP contribution in [-0.4, -0.2) is 36.6 Å². The Balaban J connectivity index is 2.79. The van der Waals surface area contributed by atoms with Crippen molar-refractivity contribution in [1.29, 1.82) is 0 Å². The molecule has 1 aliphatic heterocycles. The van der Waals surface area contributed by atoms with Gasteiger partial charge in [0.2, 0.25) is 0 Å². The Kier molecular flexibility index (Phi) is 6.29. The first-order valence-electron chi connectivity index (χ1n) is 7.91. The summed E-state index contributed by atoms with van der Waals surface area (Å²) in [6.45, 7) is 14.1. The number of hydrogen-bond acceptors (Lipinski definition) is 3. The molecule has 0 aromatic rings. The van der Waals surface area contributed by atoms with E-state index in [0.29, 0.717) is 16.6 Å². The lowest BCUT2D eigenvalue weighted by molar-refractivity contribution is -0.0636. The topological polar surface area (TPSA) is 49.7 Å². The van der Waals surface area contributed by atoms with Gasteiger partial charge in [-0.05, 0) is 12.5 Å². The van der Waals surface area contributed by atoms with Crippen molar-refractivity contribution in [3.63, 3.8) is 0 Å². The van der Waals surface area contributed by atoms with Crippen LogP contribution < -0.4 is 0 Å². The number of aliphatic hydroxyl groups excluding tert-OH is 2. The maximum absolute atomic E-state index is 10.0. The van der Waals surface area contributed by atoms with E-state index in [4.69, 9.17) is 4.74 Å². The Morgan fingerprint density at radius 3 is 1.95 bits per heavy atom. The fraction of sp³-hybridized carbons (Fsp3) is 0.875. The van der Waals surface area contributed by atoms with Crippen LogP contribution >= 0.6 is 0 Å². The Labute approximate surface area is 125 Å². The molecule has 118 valence electrons. The SMILES string of the molecule is CC(C)[Si](CCC1OC=CC(O)C1O)(C(C)C)C(C)C. The first kappa shape index (κ1) is 17.7. The van der Waals surface area contributed by atoms with Crippen LogP contribution in [0.4, 0.5) is 0 Å². The fourth-order valence-electron chi connectivity index (χ4n) is 4.14. The average Bonchev–Trinajstić information content (AvgIpc) is 2.33. The van der Waals surface area contributed by atoms with Crippen molar-refractivity contribution in [2.45, 2.75) is 88.9 Å². The summed E-state index contributed by atoms with van der Waals surface area (Å²) in [4.78, 5) is 0. The van der Waals surface area contributed by atoms with Crippen molar-refractivity contribution in [3.8, 4) is 0 Å². The summed E-state index contributed by atoms with van der Waals surface area (Å²) in [6.07, 6.45) is 2.03. The molecule has 4 heteroatoms. The quantitative estimate of drug-likeness (QED) is 0.736. The number of hydrogen-bond donors (Lipinski definition) is 2. The molecule has 0 aliphatic carbocycles. The van der Waals surface area contributed by atoms with Crippen LogP contribution in [0.5, 0.6) is 0 Å². The lowest BCUT2D eigenvalue weighted by Gasteiger charge is -2.44. The standard InChI is InChI=1S/C16H32O3Si/c1-11(2)20(12(3)4,13(5)6)10-8-15-16(18)14(17)7-9-19-15/h7,9,11-18H,8,10H2,1-6H3. The number of ether oxygens (including phenoxy) is 1. The largest absolute Gasteiger partial charge is 0.495 e. The van der Waals surface area contributed by atoms with Gasteiger partial charge in [0.25, 0.3) is 0 Å². The normalized spacial score (nSPS) is 27.4. The van der Waals surface area contributed by atoms with Gasteiger partial charge < -0.3 is 14.9 Å². The van der Waals surface area contributed by atoms with Gasteiger partial charge in [-0.3, -0.25) is 0 Å². The maximum atomic E-state index is 10.0. The van der Waals surface area contributed by atoms with Crippen LogP contribution in [0.25, 0.3) is 0 Å². The molecule has 0 aromatic heterocycles. The molecule has 0 fully saturated rings. The van der Waals surface area contributed by atoms with Gasteiger partial charge >= 0.3 is 0 Å². The molecular formula is C16H32O3Si. The van der Waals surface area contributed by atoms with Crippen LogP contribution in [0, 0.1) is 0 Å². The molecule has 20 heavy (non-hydrogen) atoms. The molecule has 1 rings (SSSR count). The molecule has 0 amide bonds. The average molecular weight is 301 g/mol. The minimum atomic E-state index is -1.46. The first-order chi connectivity index (χ1) is 9.23. The molecule has 0 radical (unpaired) electrons. The van der Waals surface area contributed by atoms with E-state index in [1.54, 1.807) is 0 Å². The van der Waals surface area contributed by atoms with Crippen LogP contribution in [0.15, 0.2) is 12.3 Å². The minimum absolute atomic E-state index is 0.266. The zero-order valence-corrected chi connectivity index (χ0v) is 14.8. The molecule has 0 bridgehead atoms. The summed E-state index contributed by atoms with van der Waals surface area (Å²) >= 11 is 0. The molecule has 2 N–H and O–H groups in total. The van der Waals surface area contributed by atoms with Crippen LogP contribution in [0.2, 0.25) is 22.7 Å². The Morgan fingerprint density at radius 1 is 1.00 bits per heavy atom. The van der Waals surface area contributed by atoms with Gasteiger partial charge in [-0.15, -0.1) is 0 Å². The molecule has 0 saturated heterocycles. The fourth-order valence-corrected chi connectivity index (χ4v) is 10.7. The van der Waals surface area contributed by atoms with Crippen molar-refractivity contribution in [2.75, 3.05) is 0 Å². The molecule has 0 saturated carbocycles. The van der Waals surface area contributed by atoms with Crippen LogP contribution in [0.1, 0.15) is 48.0 Å². The first-order valence-corrected chi connectivity index (χ1v) is 10.4. The second-order valence-electron chi connectivity index (χ2n) is 7.10. The molecule has 1 heterocycles. The molecule has 3 nitrogen and oxygen atoms in total. The summed E-state index contributed by atoms with van der Waals surface area (Å²) in [5.41, 5.74) is 2.14. The van der Waals surface area contributed by atoms with E-state index in [9.17, 15) is 10.2 Å². The van der Waals surface area contributed by atoms with Crippen molar-refractivity contribution in [3.05, 3.63) is 12.3 Å². The summed E-state index contributed by atoms with van der Waals surface area (Å²) in [5, 5.41) is 19.7. The van der Waals surface area contributed by atoms with Crippen molar-refractivity contribution in [1.82, 2.24) is 0 Å². The summed E-state index contributed by atoms with van der Waals surface area (Å²) in [6, 6.07) is 1.14. The Hall–Kier alpha value is -0.323. The van der Waals surface area contributed by atoms with Crippen molar-refractivity contribution < 1.29 is 14.9 Å². The van der Waals surface area contributed by atoms with Gasteiger partial charge in [-0.2, -0.15) is 0 Å². The Morgan fingerprint density at radius 2 is 1.50 bits per heavy atom. The predicted octanol–water partition coefficient (Wildman–Crippen LogP) is 3.69. The van der Waals surface area contributed by atoms with E-state index in [1.165, 1.54) is 12.3 Å². The van der Waals surface area contributed by atoms with Gasteiger partial charge in [0.15, 0.2) is 0 Å². The third kappa shape index (κ3) is 3.46. The third-order valence-corrected chi connectivity index (χ3v) is 13.0. The van der Waals surface area contributed by atoms with Gasteiger partial charge in [-0.1, -0.05) is 64.2 Å². The smallest absolute Gasteiger partial charge is 0.126 e. The highest BCUT2D eigenvalue weighted by Crippen LogP contribution is 2.45. The van der Waals surface area contributed by atoms with Gasteiger partial charge in [0.05, 0.1) is 14.3 Å². The van der Waals surface area contributed by atoms with Crippen LogP contribution in [-0.2, 0) is 4.74 Å². The summed E-state index contributed by atoms with van der Waals surface area (Å²) in [5.74, 6) is 0. The molecule has 3 unspecified atom stereocenters. The van der Waals surface area contributed by atoms with E-state index in [1.807, 2.05) is 0 Å². The van der Waals surface area contributed by atoms with E-state index < -0.39 is 20.3 Å². The van der Waals surface area contributed by atoms with Crippen molar-refractivity contribution in [2.24, 2.45) is 0 Å². The molecular weight excluding hydrogens is 268 g/mol. The second-order valence-corrected chi connectivity index (χ2v) is 13.3. The molecule has 0 spiro atoms. The number of rotatable bonds is 6. The second kappa shape index (κ2) is 7.10. The molecule has 0 aromatic carbocycles. The van der Waals surface area contributed by atoms with Crippen LogP contribution in [0.3, 0.4) is 0 Å². The van der Waals surface area contributed by atoms with E-state index in [0.717, 1.165) is 12.5 Å². The Bertz CT molecular complexity index is 304. The van der Waals surface area contributed by atoms with E-state index in [-0.39, 0.29) is 6.10 Å². The lowest BCUT2D eigenvalue weighted by Crippen LogP contribution is -2.47. The molecule has 1 aliphatic rings. The zero-order chi connectivity index (χ0) is 15.5. The summed E-state index contributed by atoms with van der Waals surface area (Å²) in [7, 11) is -1.46. The highest BCUT2D eigenvalue weighted by atomic mass is 28.3. The van der Waals surface area contributed by atoms with Gasteiger partial charge in [0, 0.05) is 0 Å². The monoisotopic (exact) mass is 300 g/mol. The summed E-state index contributed by atoms with van der Waals surface area (Å²) < 4.78 is 5.53. The third-order valence-electron chi connectivity index (χ3n) is 5.35.